The van der Waals surface area contributed by atoms with Gasteiger partial charge in [-0.05, 0) is 30.0 Å². The summed E-state index contributed by atoms with van der Waals surface area (Å²) in [5.74, 6) is -1.24. The molecule has 0 spiro atoms. The van der Waals surface area contributed by atoms with Crippen molar-refractivity contribution >= 4 is 29.1 Å². The summed E-state index contributed by atoms with van der Waals surface area (Å²) >= 11 is 1.29. The van der Waals surface area contributed by atoms with Crippen molar-refractivity contribution in [1.29, 1.82) is 0 Å². The minimum Gasteiger partial charge on any atom is -0.342 e. The third-order valence-electron chi connectivity index (χ3n) is 2.86. The van der Waals surface area contributed by atoms with Crippen LogP contribution in [0.5, 0.6) is 0 Å². The maximum atomic E-state index is 11.9. The fourth-order valence-electron chi connectivity index (χ4n) is 1.72. The zero-order chi connectivity index (χ0) is 15.9. The molecule has 2 rings (SSSR count). The minimum atomic E-state index is -0.508. The highest BCUT2D eigenvalue weighted by atomic mass is 32.1. The van der Waals surface area contributed by atoms with E-state index >= 15 is 0 Å². The molecule has 0 radical (unpaired) electrons. The summed E-state index contributed by atoms with van der Waals surface area (Å²) < 4.78 is 0. The van der Waals surface area contributed by atoms with Crippen molar-refractivity contribution in [3.63, 3.8) is 0 Å². The van der Waals surface area contributed by atoms with Crippen LogP contribution in [0.3, 0.4) is 0 Å². The van der Waals surface area contributed by atoms with Gasteiger partial charge in [0.05, 0.1) is 11.4 Å². The molecule has 0 saturated carbocycles. The molecule has 3 N–H and O–H groups in total. The highest BCUT2D eigenvalue weighted by Gasteiger charge is 2.11. The standard InChI is InChI=1S/C15H15N3O3S/c1-10-5-2-3-6-11(10)14(20)18-17-13(19)9-16-15(21)12-7-4-8-22-12/h2-8H,9H2,1H3,(H,16,21)(H,17,19)(H,18,20). The van der Waals surface area contributed by atoms with Crippen LogP contribution in [0.25, 0.3) is 0 Å². The molecule has 0 aliphatic carbocycles. The van der Waals surface area contributed by atoms with Crippen molar-refractivity contribution < 1.29 is 14.4 Å². The summed E-state index contributed by atoms with van der Waals surface area (Å²) in [4.78, 5) is 35.7. The summed E-state index contributed by atoms with van der Waals surface area (Å²) in [6.45, 7) is 1.59. The predicted molar refractivity (Wildman–Crippen MR) is 83.4 cm³/mol. The van der Waals surface area contributed by atoms with E-state index in [9.17, 15) is 14.4 Å². The van der Waals surface area contributed by atoms with Crippen LogP contribution in [0.15, 0.2) is 41.8 Å². The normalized spacial score (nSPS) is 9.86. The maximum absolute atomic E-state index is 11.9. The fourth-order valence-corrected chi connectivity index (χ4v) is 2.36. The first-order valence-corrected chi connectivity index (χ1v) is 7.42. The number of aryl methyl sites for hydroxylation is 1. The summed E-state index contributed by atoms with van der Waals surface area (Å²) in [5, 5.41) is 4.24. The van der Waals surface area contributed by atoms with E-state index in [2.05, 4.69) is 16.2 Å². The smallest absolute Gasteiger partial charge is 0.269 e. The molecule has 6 nitrogen and oxygen atoms in total. The first kappa shape index (κ1) is 15.7. The lowest BCUT2D eigenvalue weighted by molar-refractivity contribution is -0.120. The third-order valence-corrected chi connectivity index (χ3v) is 3.73. The van der Waals surface area contributed by atoms with E-state index in [0.717, 1.165) is 5.56 Å². The topological polar surface area (TPSA) is 87.3 Å². The Morgan fingerprint density at radius 2 is 1.77 bits per heavy atom. The molecule has 1 aromatic carbocycles. The van der Waals surface area contributed by atoms with Crippen LogP contribution in [0.2, 0.25) is 0 Å². The summed E-state index contributed by atoms with van der Waals surface area (Å²) in [6, 6.07) is 10.4. The van der Waals surface area contributed by atoms with Crippen LogP contribution >= 0.6 is 11.3 Å². The minimum absolute atomic E-state index is 0.217. The Morgan fingerprint density at radius 3 is 2.45 bits per heavy atom. The second-order valence-electron chi connectivity index (χ2n) is 4.48. The molecule has 3 amide bonds. The van der Waals surface area contributed by atoms with Gasteiger partial charge >= 0.3 is 0 Å². The second-order valence-corrected chi connectivity index (χ2v) is 5.42. The van der Waals surface area contributed by atoms with E-state index < -0.39 is 11.8 Å². The lowest BCUT2D eigenvalue weighted by atomic mass is 10.1. The van der Waals surface area contributed by atoms with Gasteiger partial charge in [0.2, 0.25) is 0 Å². The molecule has 0 bridgehead atoms. The fraction of sp³-hybridized carbons (Fsp3) is 0.133. The number of amides is 3. The van der Waals surface area contributed by atoms with Gasteiger partial charge in [0, 0.05) is 5.56 Å². The van der Waals surface area contributed by atoms with E-state index in [0.29, 0.717) is 10.4 Å². The van der Waals surface area contributed by atoms with Crippen molar-refractivity contribution in [2.75, 3.05) is 6.54 Å². The molecular formula is C15H15N3O3S. The molecule has 0 saturated heterocycles. The Balaban J connectivity index is 1.77. The number of rotatable bonds is 4. The lowest BCUT2D eigenvalue weighted by Gasteiger charge is -2.09. The Kier molecular flexibility index (Phi) is 5.26. The predicted octanol–water partition coefficient (Wildman–Crippen LogP) is 1.25. The molecule has 2 aromatic rings. The van der Waals surface area contributed by atoms with Crippen LogP contribution in [-0.2, 0) is 4.79 Å². The van der Waals surface area contributed by atoms with Gasteiger partial charge in [0.25, 0.3) is 17.7 Å². The summed E-state index contributed by atoms with van der Waals surface area (Å²) in [7, 11) is 0. The zero-order valence-corrected chi connectivity index (χ0v) is 12.7. The molecule has 0 aliphatic rings. The van der Waals surface area contributed by atoms with Crippen molar-refractivity contribution in [1.82, 2.24) is 16.2 Å². The summed E-state index contributed by atoms with van der Waals surface area (Å²) in [5.41, 5.74) is 5.85. The van der Waals surface area contributed by atoms with Crippen molar-refractivity contribution in [3.8, 4) is 0 Å². The van der Waals surface area contributed by atoms with Gasteiger partial charge in [-0.25, -0.2) is 0 Å². The SMILES string of the molecule is Cc1ccccc1C(=O)NNC(=O)CNC(=O)c1cccs1. The highest BCUT2D eigenvalue weighted by Crippen LogP contribution is 2.07. The highest BCUT2D eigenvalue weighted by molar-refractivity contribution is 7.12. The monoisotopic (exact) mass is 317 g/mol. The van der Waals surface area contributed by atoms with Gasteiger partial charge in [-0.1, -0.05) is 24.3 Å². The lowest BCUT2D eigenvalue weighted by Crippen LogP contribution is -2.46. The number of carbonyl (C=O) groups is 3. The van der Waals surface area contributed by atoms with E-state index in [-0.39, 0.29) is 12.5 Å². The van der Waals surface area contributed by atoms with Crippen LogP contribution in [-0.4, -0.2) is 24.3 Å². The number of hydrogen-bond acceptors (Lipinski definition) is 4. The van der Waals surface area contributed by atoms with Gasteiger partial charge in [-0.15, -0.1) is 11.3 Å². The first-order chi connectivity index (χ1) is 10.6. The quantitative estimate of drug-likeness (QED) is 0.742. The molecule has 1 aromatic heterocycles. The maximum Gasteiger partial charge on any atom is 0.269 e. The number of nitrogens with one attached hydrogen (secondary N) is 3. The second kappa shape index (κ2) is 7.37. The number of thiophene rings is 1. The largest absolute Gasteiger partial charge is 0.342 e. The molecule has 0 aliphatic heterocycles. The van der Waals surface area contributed by atoms with E-state index in [4.69, 9.17) is 0 Å². The van der Waals surface area contributed by atoms with Crippen LogP contribution in [0.4, 0.5) is 0 Å². The van der Waals surface area contributed by atoms with Gasteiger partial charge < -0.3 is 5.32 Å². The van der Waals surface area contributed by atoms with E-state index in [1.165, 1.54) is 11.3 Å². The Bertz CT molecular complexity index is 683. The molecule has 7 heteroatoms. The molecule has 0 atom stereocenters. The van der Waals surface area contributed by atoms with Crippen LogP contribution < -0.4 is 16.2 Å². The van der Waals surface area contributed by atoms with Gasteiger partial charge in [-0.3, -0.25) is 25.2 Å². The Labute approximate surface area is 131 Å². The third kappa shape index (κ3) is 4.16. The van der Waals surface area contributed by atoms with E-state index in [1.807, 2.05) is 6.07 Å². The molecule has 0 unspecified atom stereocenters. The first-order valence-electron chi connectivity index (χ1n) is 6.54. The number of benzene rings is 1. The molecule has 1 heterocycles. The Hall–Kier alpha value is -2.67. The summed E-state index contributed by atoms with van der Waals surface area (Å²) in [6.07, 6.45) is 0. The average molecular weight is 317 g/mol. The molecule has 114 valence electrons. The number of hydrogen-bond donors (Lipinski definition) is 3. The number of hydrazine groups is 1. The van der Waals surface area contributed by atoms with Crippen LogP contribution in [0, 0.1) is 6.92 Å². The molecule has 22 heavy (non-hydrogen) atoms. The van der Waals surface area contributed by atoms with Crippen molar-refractivity contribution in [2.24, 2.45) is 0 Å². The molecule has 0 fully saturated rings. The average Bonchev–Trinajstić information content (AvgIpc) is 3.05. The Morgan fingerprint density at radius 1 is 1.00 bits per heavy atom. The molecular weight excluding hydrogens is 302 g/mol. The van der Waals surface area contributed by atoms with Gasteiger partial charge in [0.15, 0.2) is 0 Å². The van der Waals surface area contributed by atoms with Gasteiger partial charge in [-0.2, -0.15) is 0 Å². The van der Waals surface area contributed by atoms with E-state index in [1.54, 1.807) is 42.6 Å². The zero-order valence-electron chi connectivity index (χ0n) is 11.9. The van der Waals surface area contributed by atoms with Crippen molar-refractivity contribution in [3.05, 3.63) is 57.8 Å². The van der Waals surface area contributed by atoms with Crippen molar-refractivity contribution in [2.45, 2.75) is 6.92 Å². The van der Waals surface area contributed by atoms with Crippen LogP contribution in [0.1, 0.15) is 25.6 Å². The number of carbonyl (C=O) groups excluding carboxylic acids is 3. The van der Waals surface area contributed by atoms with Gasteiger partial charge in [0.1, 0.15) is 0 Å².